The number of guanidine groups is 1. The summed E-state index contributed by atoms with van der Waals surface area (Å²) in [5, 5.41) is 10.9. The standard InChI is InChI=1S/C18H33N5O2.HI/c1-16-13-22-23(14-16)9-3-7-20-18(19-2)21-8-4-10-25-15-17-5-11-24-12-6-17;/h13-14,17H,3-12,15H2,1-2H3,(H2,19,20,21);1H. The molecular formula is C18H34IN5O2. The summed E-state index contributed by atoms with van der Waals surface area (Å²) in [5.74, 6) is 1.52. The number of hydrogen-bond donors (Lipinski definition) is 2. The van der Waals surface area contributed by atoms with Crippen LogP contribution in [-0.4, -0.2) is 62.3 Å². The lowest BCUT2D eigenvalue weighted by molar-refractivity contribution is 0.0203. The molecule has 0 spiro atoms. The van der Waals surface area contributed by atoms with E-state index in [1.807, 2.05) is 10.9 Å². The molecule has 0 unspecified atom stereocenters. The van der Waals surface area contributed by atoms with Gasteiger partial charge in [-0.15, -0.1) is 24.0 Å². The van der Waals surface area contributed by atoms with Crippen LogP contribution in [0.3, 0.4) is 0 Å². The van der Waals surface area contributed by atoms with Gasteiger partial charge in [0.15, 0.2) is 5.96 Å². The number of halogens is 1. The highest BCUT2D eigenvalue weighted by Gasteiger charge is 2.13. The van der Waals surface area contributed by atoms with E-state index < -0.39 is 0 Å². The summed E-state index contributed by atoms with van der Waals surface area (Å²) in [4.78, 5) is 4.25. The molecule has 0 saturated carbocycles. The lowest BCUT2D eigenvalue weighted by atomic mass is 10.0. The summed E-state index contributed by atoms with van der Waals surface area (Å²) in [6.07, 6.45) is 8.21. The van der Waals surface area contributed by atoms with Crippen molar-refractivity contribution < 1.29 is 9.47 Å². The average Bonchev–Trinajstić information content (AvgIpc) is 3.05. The Bertz CT molecular complexity index is 504. The number of nitrogens with one attached hydrogen (secondary N) is 2. The number of aromatic nitrogens is 2. The van der Waals surface area contributed by atoms with E-state index in [0.29, 0.717) is 5.92 Å². The smallest absolute Gasteiger partial charge is 0.190 e. The van der Waals surface area contributed by atoms with Crippen LogP contribution in [0.4, 0.5) is 0 Å². The van der Waals surface area contributed by atoms with Gasteiger partial charge >= 0.3 is 0 Å². The highest BCUT2D eigenvalue weighted by atomic mass is 127. The molecule has 0 bridgehead atoms. The molecule has 8 heteroatoms. The molecule has 2 heterocycles. The summed E-state index contributed by atoms with van der Waals surface area (Å²) < 4.78 is 13.1. The van der Waals surface area contributed by atoms with Gasteiger partial charge in [-0.1, -0.05) is 0 Å². The van der Waals surface area contributed by atoms with E-state index in [2.05, 4.69) is 33.8 Å². The number of ether oxygens (including phenoxy) is 2. The van der Waals surface area contributed by atoms with Crippen LogP contribution in [0.5, 0.6) is 0 Å². The van der Waals surface area contributed by atoms with Gasteiger partial charge in [0, 0.05) is 59.3 Å². The minimum absolute atomic E-state index is 0. The summed E-state index contributed by atoms with van der Waals surface area (Å²) in [6, 6.07) is 0. The predicted octanol–water partition coefficient (Wildman–Crippen LogP) is 2.20. The Labute approximate surface area is 174 Å². The van der Waals surface area contributed by atoms with Crippen LogP contribution in [0.25, 0.3) is 0 Å². The molecule has 0 aromatic carbocycles. The van der Waals surface area contributed by atoms with Crippen molar-refractivity contribution in [3.05, 3.63) is 18.0 Å². The largest absolute Gasteiger partial charge is 0.381 e. The first-order chi connectivity index (χ1) is 12.3. The Morgan fingerprint density at radius 2 is 2.04 bits per heavy atom. The van der Waals surface area contributed by atoms with Crippen LogP contribution >= 0.6 is 24.0 Å². The Kier molecular flexibility index (Phi) is 12.7. The highest BCUT2D eigenvalue weighted by molar-refractivity contribution is 14.0. The fourth-order valence-electron chi connectivity index (χ4n) is 2.80. The molecule has 0 amide bonds. The van der Waals surface area contributed by atoms with E-state index in [9.17, 15) is 0 Å². The Morgan fingerprint density at radius 1 is 1.31 bits per heavy atom. The van der Waals surface area contributed by atoms with E-state index in [1.54, 1.807) is 7.05 Å². The fourth-order valence-corrected chi connectivity index (χ4v) is 2.80. The molecule has 2 N–H and O–H groups in total. The van der Waals surface area contributed by atoms with Crippen molar-refractivity contribution in [2.75, 3.05) is 46.6 Å². The molecular weight excluding hydrogens is 445 g/mol. The van der Waals surface area contributed by atoms with Crippen LogP contribution in [0.1, 0.15) is 31.2 Å². The second-order valence-electron chi connectivity index (χ2n) is 6.54. The van der Waals surface area contributed by atoms with E-state index in [4.69, 9.17) is 9.47 Å². The van der Waals surface area contributed by atoms with Crippen molar-refractivity contribution in [2.24, 2.45) is 10.9 Å². The first kappa shape index (κ1) is 23.2. The minimum Gasteiger partial charge on any atom is -0.381 e. The SMILES string of the molecule is CN=C(NCCCOCC1CCOCC1)NCCCn1cc(C)cn1.I. The van der Waals surface area contributed by atoms with Crippen molar-refractivity contribution in [3.63, 3.8) is 0 Å². The summed E-state index contributed by atoms with van der Waals surface area (Å²) in [7, 11) is 1.80. The van der Waals surface area contributed by atoms with Crippen molar-refractivity contribution in [1.29, 1.82) is 0 Å². The third-order valence-corrected chi connectivity index (χ3v) is 4.29. The molecule has 1 aliphatic rings. The molecule has 150 valence electrons. The van der Waals surface area contributed by atoms with E-state index in [-0.39, 0.29) is 24.0 Å². The minimum atomic E-state index is 0. The van der Waals surface area contributed by atoms with Gasteiger partial charge in [0.25, 0.3) is 0 Å². The molecule has 1 aromatic heterocycles. The molecule has 0 atom stereocenters. The highest BCUT2D eigenvalue weighted by Crippen LogP contribution is 2.14. The molecule has 1 fully saturated rings. The van der Waals surface area contributed by atoms with E-state index >= 15 is 0 Å². The summed E-state index contributed by atoms with van der Waals surface area (Å²) >= 11 is 0. The zero-order valence-electron chi connectivity index (χ0n) is 16.1. The average molecular weight is 479 g/mol. The monoisotopic (exact) mass is 479 g/mol. The maximum Gasteiger partial charge on any atom is 0.190 e. The lowest BCUT2D eigenvalue weighted by Crippen LogP contribution is -2.38. The zero-order valence-corrected chi connectivity index (χ0v) is 18.4. The summed E-state index contributed by atoms with van der Waals surface area (Å²) in [6.45, 7) is 8.14. The molecule has 26 heavy (non-hydrogen) atoms. The summed E-state index contributed by atoms with van der Waals surface area (Å²) in [5.41, 5.74) is 1.20. The second kappa shape index (κ2) is 14.2. The molecule has 7 nitrogen and oxygen atoms in total. The zero-order chi connectivity index (χ0) is 17.7. The van der Waals surface area contributed by atoms with Gasteiger partial charge in [-0.3, -0.25) is 9.67 Å². The number of aryl methyl sites for hydroxylation is 2. The van der Waals surface area contributed by atoms with Gasteiger partial charge < -0.3 is 20.1 Å². The maximum absolute atomic E-state index is 5.77. The quantitative estimate of drug-likeness (QED) is 0.233. The Balaban J connectivity index is 0.00000338. The number of rotatable bonds is 10. The van der Waals surface area contributed by atoms with Gasteiger partial charge in [-0.25, -0.2) is 0 Å². The van der Waals surface area contributed by atoms with Crippen molar-refractivity contribution in [2.45, 2.75) is 39.2 Å². The third kappa shape index (κ3) is 9.72. The molecule has 0 aliphatic carbocycles. The predicted molar refractivity (Wildman–Crippen MR) is 115 cm³/mol. The number of hydrogen-bond acceptors (Lipinski definition) is 4. The van der Waals surface area contributed by atoms with Crippen molar-refractivity contribution in [1.82, 2.24) is 20.4 Å². The Hall–Kier alpha value is -0.870. The lowest BCUT2D eigenvalue weighted by Gasteiger charge is -2.21. The first-order valence-electron chi connectivity index (χ1n) is 9.37. The van der Waals surface area contributed by atoms with Gasteiger partial charge in [-0.2, -0.15) is 5.10 Å². The van der Waals surface area contributed by atoms with Gasteiger partial charge in [0.2, 0.25) is 0 Å². The van der Waals surface area contributed by atoms with Gasteiger partial charge in [-0.05, 0) is 44.1 Å². The number of aliphatic imine (C=N–C) groups is 1. The second-order valence-corrected chi connectivity index (χ2v) is 6.54. The third-order valence-electron chi connectivity index (χ3n) is 4.29. The topological polar surface area (TPSA) is 72.7 Å². The van der Waals surface area contributed by atoms with Crippen molar-refractivity contribution >= 4 is 29.9 Å². The van der Waals surface area contributed by atoms with Crippen LogP contribution in [-0.2, 0) is 16.0 Å². The normalized spacial score (nSPS) is 15.5. The van der Waals surface area contributed by atoms with Crippen LogP contribution in [0, 0.1) is 12.8 Å². The van der Waals surface area contributed by atoms with E-state index in [0.717, 1.165) is 77.7 Å². The van der Waals surface area contributed by atoms with Gasteiger partial charge in [0.1, 0.15) is 0 Å². The molecule has 2 rings (SSSR count). The van der Waals surface area contributed by atoms with Crippen LogP contribution in [0.2, 0.25) is 0 Å². The molecule has 1 aromatic rings. The maximum atomic E-state index is 5.77. The van der Waals surface area contributed by atoms with Gasteiger partial charge in [0.05, 0.1) is 6.20 Å². The molecule has 0 radical (unpaired) electrons. The fraction of sp³-hybridized carbons (Fsp3) is 0.778. The van der Waals surface area contributed by atoms with Crippen LogP contribution in [0.15, 0.2) is 17.4 Å². The molecule has 1 saturated heterocycles. The van der Waals surface area contributed by atoms with E-state index in [1.165, 1.54) is 5.56 Å². The van der Waals surface area contributed by atoms with Crippen LogP contribution < -0.4 is 10.6 Å². The first-order valence-corrected chi connectivity index (χ1v) is 9.37. The molecule has 1 aliphatic heterocycles. The Morgan fingerprint density at radius 3 is 2.69 bits per heavy atom. The van der Waals surface area contributed by atoms with Crippen molar-refractivity contribution in [3.8, 4) is 0 Å². The number of nitrogens with zero attached hydrogens (tertiary/aromatic N) is 3.